The molecule has 0 radical (unpaired) electrons. The summed E-state index contributed by atoms with van der Waals surface area (Å²) in [7, 11) is 6.59. The number of nitrogens with zero attached hydrogens (tertiary/aromatic N) is 3. The summed E-state index contributed by atoms with van der Waals surface area (Å²) in [6, 6.07) is 3.41. The number of methoxy groups -OCH3 is 1. The third-order valence-electron chi connectivity index (χ3n) is 17.6. The quantitative estimate of drug-likeness (QED) is 0.0644. The summed E-state index contributed by atoms with van der Waals surface area (Å²) in [5.74, 6) is -6.14. The van der Waals surface area contributed by atoms with E-state index in [1.165, 1.54) is 27.3 Å². The Balaban J connectivity index is 1.16. The fourth-order valence-electron chi connectivity index (χ4n) is 12.8. The molecule has 82 heavy (non-hydrogen) atoms. The number of nitrogens with one attached hydrogen (secondary N) is 1. The summed E-state index contributed by atoms with van der Waals surface area (Å²) in [6.45, 7) is 21.5. The molecule has 3 saturated heterocycles. The zero-order valence-corrected chi connectivity index (χ0v) is 51.0. The van der Waals surface area contributed by atoms with E-state index < -0.39 is 125 Å². The van der Waals surface area contributed by atoms with E-state index in [2.05, 4.69) is 10.5 Å². The lowest BCUT2D eigenvalue weighted by Crippen LogP contribution is -2.60. The van der Waals surface area contributed by atoms with Crippen LogP contribution in [-0.4, -0.2) is 192 Å². The van der Waals surface area contributed by atoms with Crippen molar-refractivity contribution in [3.63, 3.8) is 0 Å². The van der Waals surface area contributed by atoms with Crippen LogP contribution in [-0.2, 0) is 71.0 Å². The van der Waals surface area contributed by atoms with Crippen LogP contribution in [0.5, 0.6) is 0 Å². The van der Waals surface area contributed by atoms with E-state index in [9.17, 15) is 44.7 Å². The summed E-state index contributed by atoms with van der Waals surface area (Å²) < 4.78 is 57.9. The molecule has 0 spiro atoms. The number of cyclic esters (lactones) is 1. The highest BCUT2D eigenvalue weighted by Gasteiger charge is 2.53. The second-order valence-electron chi connectivity index (χ2n) is 24.6. The SMILES string of the molecule is CC[C@H]1OC(=O)C(C)[C@@H](O[C@H]2C[C@@](C)(OC)[C@@H](OC(=O)NCCOCCCc3cc4c5c(c3)c(=O)c(C(=O)O)cn5C(C)(C)OC4)C(C)O2)[C@H](C)C(CO[C@@H]2O[C@H](C)C[C@H](N(C)C)[C@H]2O)[C@](C)(O)C[C@@H](C)/C(=N\OC)[C@H](C)C(O)[C@]1(C)O. The number of carbonyl (C=O) groups excluding carboxylic acids is 2. The van der Waals surface area contributed by atoms with Gasteiger partial charge in [0.05, 0.1) is 67.0 Å². The van der Waals surface area contributed by atoms with E-state index in [1.54, 1.807) is 52.2 Å². The van der Waals surface area contributed by atoms with Crippen LogP contribution in [0.1, 0.15) is 137 Å². The van der Waals surface area contributed by atoms with Crippen molar-refractivity contribution in [2.45, 2.75) is 212 Å². The van der Waals surface area contributed by atoms with Gasteiger partial charge in [-0.3, -0.25) is 9.59 Å². The maximum atomic E-state index is 14.6. The van der Waals surface area contributed by atoms with Gasteiger partial charge in [0.1, 0.15) is 41.8 Å². The lowest BCUT2D eigenvalue weighted by Gasteiger charge is -2.48. The molecule has 5 heterocycles. The van der Waals surface area contributed by atoms with Gasteiger partial charge in [-0.1, -0.05) is 38.9 Å². The monoisotopic (exact) mass is 1160 g/mol. The summed E-state index contributed by atoms with van der Waals surface area (Å²) in [4.78, 5) is 60.5. The van der Waals surface area contributed by atoms with Crippen molar-refractivity contribution in [3.8, 4) is 0 Å². The smallest absolute Gasteiger partial charge is 0.407 e. The van der Waals surface area contributed by atoms with E-state index in [1.807, 2.05) is 59.7 Å². The number of oxime groups is 1. The molecule has 23 heteroatoms. The van der Waals surface area contributed by atoms with Gasteiger partial charge in [0.25, 0.3) is 0 Å². The highest BCUT2D eigenvalue weighted by molar-refractivity contribution is 5.94. The number of alkyl carbamates (subject to hydrolysis) is 1. The third kappa shape index (κ3) is 14.8. The number of esters is 1. The van der Waals surface area contributed by atoms with Crippen molar-refractivity contribution in [1.82, 2.24) is 14.8 Å². The average Bonchev–Trinajstić information content (AvgIpc) is 3.57. The fourth-order valence-corrected chi connectivity index (χ4v) is 12.8. The first-order valence-corrected chi connectivity index (χ1v) is 28.9. The zero-order chi connectivity index (χ0) is 61.0. The van der Waals surface area contributed by atoms with Gasteiger partial charge in [-0.25, -0.2) is 9.59 Å². The van der Waals surface area contributed by atoms with Crippen LogP contribution in [0, 0.1) is 29.6 Å². The Morgan fingerprint density at radius 3 is 2.28 bits per heavy atom. The molecule has 6 N–H and O–H groups in total. The molecule has 23 nitrogen and oxygen atoms in total. The second-order valence-corrected chi connectivity index (χ2v) is 24.6. The van der Waals surface area contributed by atoms with E-state index in [0.29, 0.717) is 42.5 Å². The number of likely N-dealkylation sites (N-methyl/N-ethyl adjacent to an activating group) is 1. The first kappa shape index (κ1) is 66.8. The summed E-state index contributed by atoms with van der Waals surface area (Å²) >= 11 is 0. The van der Waals surface area contributed by atoms with Crippen LogP contribution in [0.4, 0.5) is 4.79 Å². The minimum Gasteiger partial charge on any atom is -0.477 e. The van der Waals surface area contributed by atoms with E-state index in [0.717, 1.165) is 11.1 Å². The largest absolute Gasteiger partial charge is 0.477 e. The first-order valence-electron chi connectivity index (χ1n) is 28.9. The standard InChI is InChI=1S/C59H94N4O19/c1-17-43-59(12,72)50(66)34(5)45(61-74-16)31(2)26-57(10,71)41(30-76-54-48(65)42(62(13)14)23-32(3)78-54)33(4)49(35(6)53(69)80-43)81-44-27-58(11,73-15)51(36(7)79-44)82-55(70)60-20-22-75-21-18-19-37-24-38-29-77-56(8,9)63-28-40(52(67)68)47(64)39(25-37)46(38)63/h24-25,28,31-36,41-44,48-51,54,65-66,71-72H,17-23,26-27,29-30H2,1-16H3,(H,60,70)(H,67,68)/b61-45+/t31-,32-,33-,34+,35?,36?,41?,42+,43-,44+,48-,49+,50?,51+,54-,57-,58-,59-/m1/s1. The lowest BCUT2D eigenvalue weighted by molar-refractivity contribution is -0.300. The van der Waals surface area contributed by atoms with Crippen LogP contribution >= 0.6 is 0 Å². The van der Waals surface area contributed by atoms with Gasteiger partial charge in [-0.15, -0.1) is 0 Å². The number of hydrogen-bond donors (Lipinski definition) is 6. The number of carbonyl (C=O) groups is 3. The molecule has 0 bridgehead atoms. The maximum Gasteiger partial charge on any atom is 0.407 e. The highest BCUT2D eigenvalue weighted by atomic mass is 16.7. The van der Waals surface area contributed by atoms with Crippen LogP contribution in [0.3, 0.4) is 0 Å². The molecule has 464 valence electrons. The van der Waals surface area contributed by atoms with Crippen LogP contribution < -0.4 is 10.7 Å². The number of aliphatic hydroxyl groups is 4. The molecule has 6 rings (SSSR count). The summed E-state index contributed by atoms with van der Waals surface area (Å²) in [5, 5.41) is 65.5. The Labute approximate surface area is 482 Å². The minimum atomic E-state index is -1.97. The van der Waals surface area contributed by atoms with Gasteiger partial charge >= 0.3 is 18.0 Å². The Kier molecular flexibility index (Phi) is 22.3. The number of aryl methyl sites for hydroxylation is 1. The van der Waals surface area contributed by atoms with Crippen molar-refractivity contribution >= 4 is 34.6 Å². The maximum absolute atomic E-state index is 14.6. The molecule has 3 fully saturated rings. The topological polar surface area (TPSA) is 294 Å². The molecule has 4 aliphatic heterocycles. The number of carboxylic acids is 1. The number of carboxylic acid groups (broad SMARTS) is 1. The van der Waals surface area contributed by atoms with Gasteiger partial charge in [0.15, 0.2) is 18.7 Å². The highest BCUT2D eigenvalue weighted by Crippen LogP contribution is 2.43. The van der Waals surface area contributed by atoms with Gasteiger partial charge in [-0.2, -0.15) is 0 Å². The number of aliphatic hydroxyl groups excluding tert-OH is 2. The Morgan fingerprint density at radius 1 is 0.951 bits per heavy atom. The van der Waals surface area contributed by atoms with E-state index in [-0.39, 0.29) is 63.3 Å². The molecule has 0 aliphatic carbocycles. The predicted octanol–water partition coefficient (Wildman–Crippen LogP) is 5.09. The van der Waals surface area contributed by atoms with Gasteiger partial charge in [-0.05, 0) is 119 Å². The van der Waals surface area contributed by atoms with Crippen molar-refractivity contribution in [3.05, 3.63) is 45.2 Å². The lowest BCUT2D eigenvalue weighted by atomic mass is 9.70. The molecule has 4 aliphatic rings. The minimum absolute atomic E-state index is 0.00811. The predicted molar refractivity (Wildman–Crippen MR) is 301 cm³/mol. The number of amides is 1. The molecule has 1 amide bonds. The summed E-state index contributed by atoms with van der Waals surface area (Å²) in [5.41, 5.74) is -3.92. The number of hydrogen-bond acceptors (Lipinski definition) is 20. The van der Waals surface area contributed by atoms with Gasteiger partial charge in [0, 0.05) is 67.6 Å². The molecule has 1 aromatic heterocycles. The molecule has 0 saturated carbocycles. The normalized spacial score (nSPS) is 37.1. The molecule has 18 atom stereocenters. The second kappa shape index (κ2) is 27.3. The van der Waals surface area contributed by atoms with Crippen molar-refractivity contribution < 1.29 is 87.4 Å². The van der Waals surface area contributed by atoms with Crippen molar-refractivity contribution in [1.29, 1.82) is 0 Å². The Hall–Kier alpha value is -4.37. The number of benzene rings is 1. The molecule has 2 aromatic rings. The van der Waals surface area contributed by atoms with Crippen LogP contribution in [0.15, 0.2) is 28.3 Å². The van der Waals surface area contributed by atoms with E-state index >= 15 is 0 Å². The summed E-state index contributed by atoms with van der Waals surface area (Å²) in [6.07, 6.45) is -6.58. The number of rotatable bonds is 18. The molecular formula is C59H94N4O19. The zero-order valence-electron chi connectivity index (χ0n) is 51.0. The average molecular weight is 1160 g/mol. The van der Waals surface area contributed by atoms with Gasteiger partial charge in [0.2, 0.25) is 5.43 Å². The number of pyridine rings is 1. The molecule has 4 unspecified atom stereocenters. The number of ether oxygens (including phenoxy) is 9. The molecule has 1 aromatic carbocycles. The van der Waals surface area contributed by atoms with Crippen LogP contribution in [0.2, 0.25) is 0 Å². The number of aromatic nitrogens is 1. The fraction of sp³-hybridized carbons (Fsp3) is 0.780. The van der Waals surface area contributed by atoms with Crippen molar-refractivity contribution in [2.24, 2.45) is 34.7 Å². The van der Waals surface area contributed by atoms with Crippen molar-refractivity contribution in [2.75, 3.05) is 54.7 Å². The third-order valence-corrected chi connectivity index (χ3v) is 17.6. The number of aromatic carboxylic acids is 1. The van der Waals surface area contributed by atoms with Gasteiger partial charge < -0.3 is 87.8 Å². The first-order chi connectivity index (χ1) is 38.3. The van der Waals surface area contributed by atoms with E-state index in [4.69, 9.17) is 47.5 Å². The Morgan fingerprint density at radius 2 is 1.65 bits per heavy atom. The Bertz CT molecular complexity index is 2610. The molecular weight excluding hydrogens is 1070 g/mol. The van der Waals surface area contributed by atoms with Crippen LogP contribution in [0.25, 0.3) is 10.9 Å².